The fourth-order valence-corrected chi connectivity index (χ4v) is 5.52. The van der Waals surface area contributed by atoms with E-state index in [-0.39, 0.29) is 15.6 Å². The number of anilines is 4. The van der Waals surface area contributed by atoms with Gasteiger partial charge in [-0.05, 0) is 30.5 Å². The molecule has 11 heteroatoms. The van der Waals surface area contributed by atoms with E-state index < -0.39 is 10.0 Å². The molecule has 0 fully saturated rings. The molecule has 3 rings (SSSR count). The smallest absolute Gasteiger partial charge is 0.255 e. The number of sulfonamides is 1. The minimum atomic E-state index is -3.73. The summed E-state index contributed by atoms with van der Waals surface area (Å²) in [7, 11) is -0.890. The molecule has 2 heterocycles. The van der Waals surface area contributed by atoms with Gasteiger partial charge < -0.3 is 15.7 Å². The third-order valence-corrected chi connectivity index (χ3v) is 8.04. The second-order valence-electron chi connectivity index (χ2n) is 6.24. The van der Waals surface area contributed by atoms with Gasteiger partial charge in [0.25, 0.3) is 10.0 Å². The zero-order chi connectivity index (χ0) is 20.5. The van der Waals surface area contributed by atoms with Crippen molar-refractivity contribution < 1.29 is 13.5 Å². The van der Waals surface area contributed by atoms with Gasteiger partial charge in [0.1, 0.15) is 0 Å². The van der Waals surface area contributed by atoms with E-state index in [0.717, 1.165) is 39.5 Å². The van der Waals surface area contributed by atoms with Crippen LogP contribution in [0.2, 0.25) is 0 Å². The van der Waals surface area contributed by atoms with Gasteiger partial charge in [0, 0.05) is 25.2 Å². The highest BCUT2D eigenvalue weighted by Gasteiger charge is 2.26. The standard InChI is InChI=1S/C17H21N5O3S3/c1-5-11-10(2)7-6-8-12(11)18-15-16(21-27-20-15)19-13-9-26-17(14(13)23)28(24,25)22(3)4/h6-9,23H,5H2,1-4H3,(H,18,20)(H,19,21). The highest BCUT2D eigenvalue weighted by Crippen LogP contribution is 2.41. The van der Waals surface area contributed by atoms with Gasteiger partial charge in [-0.15, -0.1) is 11.3 Å². The fourth-order valence-electron chi connectivity index (χ4n) is 2.67. The molecule has 0 unspecified atom stereocenters. The molecule has 0 amide bonds. The Bertz CT molecular complexity index is 1090. The molecular formula is C17H21N5O3S3. The van der Waals surface area contributed by atoms with Crippen LogP contribution in [0.15, 0.2) is 27.8 Å². The van der Waals surface area contributed by atoms with Crippen LogP contribution in [-0.2, 0) is 16.4 Å². The normalized spacial score (nSPS) is 11.8. The molecule has 28 heavy (non-hydrogen) atoms. The number of aryl methyl sites for hydroxylation is 1. The third kappa shape index (κ3) is 3.83. The molecule has 1 aromatic carbocycles. The maximum Gasteiger partial charge on any atom is 0.255 e. The Hall–Kier alpha value is -2.21. The van der Waals surface area contributed by atoms with Gasteiger partial charge >= 0.3 is 0 Å². The summed E-state index contributed by atoms with van der Waals surface area (Å²) < 4.78 is 34.0. The minimum Gasteiger partial charge on any atom is -0.504 e. The number of thiophene rings is 1. The van der Waals surface area contributed by atoms with Gasteiger partial charge in [0.2, 0.25) is 0 Å². The Labute approximate surface area is 172 Å². The largest absolute Gasteiger partial charge is 0.504 e. The van der Waals surface area contributed by atoms with Gasteiger partial charge in [0.05, 0.1) is 17.4 Å². The third-order valence-electron chi connectivity index (χ3n) is 4.21. The van der Waals surface area contributed by atoms with Gasteiger partial charge in [-0.1, -0.05) is 19.1 Å². The van der Waals surface area contributed by atoms with Crippen molar-refractivity contribution in [3.8, 4) is 5.75 Å². The summed E-state index contributed by atoms with van der Waals surface area (Å²) in [4.78, 5) is 0. The van der Waals surface area contributed by atoms with E-state index in [9.17, 15) is 13.5 Å². The van der Waals surface area contributed by atoms with E-state index in [0.29, 0.717) is 11.6 Å². The van der Waals surface area contributed by atoms with Gasteiger partial charge in [-0.3, -0.25) is 0 Å². The second-order valence-corrected chi connectivity index (χ2v) is 9.99. The van der Waals surface area contributed by atoms with E-state index in [2.05, 4.69) is 39.3 Å². The van der Waals surface area contributed by atoms with Crippen LogP contribution in [0.5, 0.6) is 5.75 Å². The molecule has 0 saturated heterocycles. The van der Waals surface area contributed by atoms with Crippen LogP contribution in [0.1, 0.15) is 18.1 Å². The molecule has 0 spiro atoms. The predicted molar refractivity (Wildman–Crippen MR) is 114 cm³/mol. The Morgan fingerprint density at radius 3 is 2.39 bits per heavy atom. The van der Waals surface area contributed by atoms with Gasteiger partial charge in [0.15, 0.2) is 21.6 Å². The number of hydrogen-bond donors (Lipinski definition) is 3. The predicted octanol–water partition coefficient (Wildman–Crippen LogP) is 3.91. The summed E-state index contributed by atoms with van der Waals surface area (Å²) in [5.41, 5.74) is 3.56. The first-order valence-corrected chi connectivity index (χ1v) is 11.5. The van der Waals surface area contributed by atoms with Crippen LogP contribution in [-0.4, -0.2) is 40.7 Å². The maximum atomic E-state index is 12.3. The van der Waals surface area contributed by atoms with Gasteiger partial charge in [-0.25, -0.2) is 12.7 Å². The lowest BCUT2D eigenvalue weighted by atomic mass is 10.0. The Morgan fingerprint density at radius 1 is 1.14 bits per heavy atom. The Morgan fingerprint density at radius 2 is 1.79 bits per heavy atom. The first-order valence-electron chi connectivity index (χ1n) is 8.43. The molecule has 2 aromatic heterocycles. The van der Waals surface area contributed by atoms with Crippen molar-refractivity contribution in [3.05, 3.63) is 34.7 Å². The molecule has 0 aliphatic rings. The Balaban J connectivity index is 1.89. The number of hydrogen-bond acceptors (Lipinski definition) is 9. The highest BCUT2D eigenvalue weighted by atomic mass is 32.2. The first-order chi connectivity index (χ1) is 13.3. The summed E-state index contributed by atoms with van der Waals surface area (Å²) in [6.45, 7) is 4.14. The first kappa shape index (κ1) is 20.5. The summed E-state index contributed by atoms with van der Waals surface area (Å²) in [6, 6.07) is 5.99. The molecule has 0 aliphatic carbocycles. The molecule has 150 valence electrons. The number of benzene rings is 1. The molecule has 3 N–H and O–H groups in total. The van der Waals surface area contributed by atoms with Crippen molar-refractivity contribution >= 4 is 56.1 Å². The number of aromatic nitrogens is 2. The second kappa shape index (κ2) is 8.03. The van der Waals surface area contributed by atoms with Crippen molar-refractivity contribution in [2.45, 2.75) is 24.5 Å². The zero-order valence-electron chi connectivity index (χ0n) is 15.8. The molecule has 0 aliphatic heterocycles. The van der Waals surface area contributed by atoms with Crippen LogP contribution < -0.4 is 10.6 Å². The minimum absolute atomic E-state index is 0.121. The maximum absolute atomic E-state index is 12.3. The van der Waals surface area contributed by atoms with Gasteiger partial charge in [-0.2, -0.15) is 8.75 Å². The van der Waals surface area contributed by atoms with E-state index in [1.807, 2.05) is 12.1 Å². The van der Waals surface area contributed by atoms with E-state index >= 15 is 0 Å². The quantitative estimate of drug-likeness (QED) is 0.512. The summed E-state index contributed by atoms with van der Waals surface area (Å²) in [5.74, 6) is 0.589. The number of rotatable bonds is 7. The van der Waals surface area contributed by atoms with Crippen molar-refractivity contribution in [2.75, 3.05) is 24.7 Å². The molecule has 0 bridgehead atoms. The van der Waals surface area contributed by atoms with Crippen LogP contribution in [0.4, 0.5) is 23.0 Å². The number of aromatic hydroxyl groups is 1. The number of nitrogens with one attached hydrogen (secondary N) is 2. The molecule has 8 nitrogen and oxygen atoms in total. The monoisotopic (exact) mass is 439 g/mol. The summed E-state index contributed by atoms with van der Waals surface area (Å²) in [5, 5.41) is 18.2. The molecule has 0 radical (unpaired) electrons. The molecular weight excluding hydrogens is 418 g/mol. The molecule has 0 atom stereocenters. The highest BCUT2D eigenvalue weighted by molar-refractivity contribution is 7.91. The topological polar surface area (TPSA) is 107 Å². The lowest BCUT2D eigenvalue weighted by Crippen LogP contribution is -2.21. The van der Waals surface area contributed by atoms with Crippen molar-refractivity contribution in [3.63, 3.8) is 0 Å². The van der Waals surface area contributed by atoms with Crippen LogP contribution in [0.3, 0.4) is 0 Å². The van der Waals surface area contributed by atoms with Crippen molar-refractivity contribution in [1.29, 1.82) is 0 Å². The molecule has 0 saturated carbocycles. The Kier molecular flexibility index (Phi) is 5.89. The summed E-state index contributed by atoms with van der Waals surface area (Å²) >= 11 is 1.96. The SMILES string of the molecule is CCc1c(C)cccc1Nc1nsnc1Nc1csc(S(=O)(=O)N(C)C)c1O. The van der Waals surface area contributed by atoms with Crippen LogP contribution >= 0.6 is 23.1 Å². The lowest BCUT2D eigenvalue weighted by Gasteiger charge is -2.13. The van der Waals surface area contributed by atoms with Crippen molar-refractivity contribution in [1.82, 2.24) is 13.1 Å². The van der Waals surface area contributed by atoms with E-state index in [1.165, 1.54) is 25.2 Å². The van der Waals surface area contributed by atoms with E-state index in [1.54, 1.807) is 5.38 Å². The fraction of sp³-hybridized carbons (Fsp3) is 0.294. The lowest BCUT2D eigenvalue weighted by molar-refractivity contribution is 0.460. The van der Waals surface area contributed by atoms with Crippen LogP contribution in [0.25, 0.3) is 0 Å². The average Bonchev–Trinajstić information content (AvgIpc) is 3.23. The van der Waals surface area contributed by atoms with Crippen molar-refractivity contribution in [2.24, 2.45) is 0 Å². The molecule has 3 aromatic rings. The summed E-state index contributed by atoms with van der Waals surface area (Å²) in [6.07, 6.45) is 0.867. The number of nitrogens with zero attached hydrogens (tertiary/aromatic N) is 3. The average molecular weight is 440 g/mol. The van der Waals surface area contributed by atoms with E-state index in [4.69, 9.17) is 0 Å². The van der Waals surface area contributed by atoms with Crippen LogP contribution in [0, 0.1) is 6.92 Å². The zero-order valence-corrected chi connectivity index (χ0v) is 18.3.